The maximum Gasteiger partial charge on any atom is 0.414 e. The zero-order valence-electron chi connectivity index (χ0n) is 16.5. The molecule has 10 heteroatoms. The van der Waals surface area contributed by atoms with Gasteiger partial charge in [0, 0.05) is 25.9 Å². The topological polar surface area (TPSA) is 104 Å². The first-order chi connectivity index (χ1) is 14.3. The Balaban J connectivity index is 1.64. The average Bonchev–Trinajstić information content (AvgIpc) is 3.08. The third-order valence-corrected chi connectivity index (χ3v) is 5.41. The number of ether oxygens (including phenoxy) is 1. The van der Waals surface area contributed by atoms with Crippen molar-refractivity contribution in [3.8, 4) is 0 Å². The third kappa shape index (κ3) is 4.62. The van der Waals surface area contributed by atoms with Crippen LogP contribution in [0.1, 0.15) is 19.8 Å². The van der Waals surface area contributed by atoms with Gasteiger partial charge in [0.2, 0.25) is 5.91 Å². The van der Waals surface area contributed by atoms with Crippen molar-refractivity contribution in [1.29, 1.82) is 0 Å². The van der Waals surface area contributed by atoms with Gasteiger partial charge in [-0.15, -0.1) is 0 Å². The molecule has 2 aliphatic rings. The average molecular weight is 418 g/mol. The number of cyclic esters (lactones) is 1. The number of nitrogens with one attached hydrogen (secondary N) is 1. The lowest BCUT2D eigenvalue weighted by atomic mass is 9.89. The Morgan fingerprint density at radius 3 is 2.67 bits per heavy atom. The number of carboxylic acid groups (broad SMARTS) is 1. The number of carboxylic acids is 1. The van der Waals surface area contributed by atoms with Gasteiger partial charge in [-0.3, -0.25) is 9.69 Å². The van der Waals surface area contributed by atoms with Crippen molar-refractivity contribution in [2.24, 2.45) is 5.92 Å². The molecule has 160 valence electrons. The molecular weight excluding hydrogens is 395 g/mol. The van der Waals surface area contributed by atoms with Crippen LogP contribution in [0.4, 0.5) is 20.6 Å². The molecule has 0 bridgehead atoms. The molecular formula is C20H23FN4O5. The molecule has 30 heavy (non-hydrogen) atoms. The van der Waals surface area contributed by atoms with Crippen LogP contribution in [0, 0.1) is 18.3 Å². The summed E-state index contributed by atoms with van der Waals surface area (Å²) in [4.78, 5) is 40.6. The Bertz CT molecular complexity index is 878. The molecule has 2 atom stereocenters. The molecule has 0 saturated carbocycles. The summed E-state index contributed by atoms with van der Waals surface area (Å²) in [5.74, 6) is -2.09. The fourth-order valence-corrected chi connectivity index (χ4v) is 3.83. The number of carbonyl (C=O) groups is 3. The number of hydrogen-bond acceptors (Lipinski definition) is 5. The highest BCUT2D eigenvalue weighted by Gasteiger charge is 2.37. The lowest BCUT2D eigenvalue weighted by Crippen LogP contribution is -2.39. The maximum absolute atomic E-state index is 14.8. The van der Waals surface area contributed by atoms with Gasteiger partial charge in [-0.1, -0.05) is 0 Å². The molecule has 1 aromatic carbocycles. The SMILES string of the molecule is [C-]#[N+]C(C(=O)O)C1CCN(c2ccc(N3C[C@H](CNC(C)=O)OC3=O)cc2F)CC1. The molecule has 0 spiro atoms. The van der Waals surface area contributed by atoms with Crippen LogP contribution in [-0.2, 0) is 14.3 Å². The van der Waals surface area contributed by atoms with Crippen molar-refractivity contribution >= 4 is 29.3 Å². The van der Waals surface area contributed by atoms with Crippen molar-refractivity contribution in [1.82, 2.24) is 5.32 Å². The molecule has 3 rings (SSSR count). The van der Waals surface area contributed by atoms with Crippen LogP contribution in [0.3, 0.4) is 0 Å². The minimum atomic E-state index is -1.12. The van der Waals surface area contributed by atoms with Crippen molar-refractivity contribution < 1.29 is 28.6 Å². The summed E-state index contributed by atoms with van der Waals surface area (Å²) in [6, 6.07) is 3.42. The molecule has 2 N–H and O–H groups in total. The van der Waals surface area contributed by atoms with E-state index in [1.165, 1.54) is 17.9 Å². The fraction of sp³-hybridized carbons (Fsp3) is 0.500. The van der Waals surface area contributed by atoms with E-state index in [4.69, 9.17) is 16.4 Å². The van der Waals surface area contributed by atoms with Crippen molar-refractivity contribution in [3.63, 3.8) is 0 Å². The molecule has 0 aromatic heterocycles. The Hall–Kier alpha value is -3.35. The Morgan fingerprint density at radius 1 is 1.40 bits per heavy atom. The number of amides is 2. The summed E-state index contributed by atoms with van der Waals surface area (Å²) in [5, 5.41) is 11.7. The highest BCUT2D eigenvalue weighted by atomic mass is 19.1. The van der Waals surface area contributed by atoms with Gasteiger partial charge in [0.1, 0.15) is 11.9 Å². The Morgan fingerprint density at radius 2 is 2.10 bits per heavy atom. The molecule has 2 saturated heterocycles. The van der Waals surface area contributed by atoms with Crippen molar-refractivity contribution in [2.45, 2.75) is 31.9 Å². The monoisotopic (exact) mass is 418 g/mol. The summed E-state index contributed by atoms with van der Waals surface area (Å²) < 4.78 is 20.0. The summed E-state index contributed by atoms with van der Waals surface area (Å²) in [6.45, 7) is 9.73. The number of aliphatic carboxylic acids is 1. The van der Waals surface area contributed by atoms with E-state index in [-0.39, 0.29) is 24.9 Å². The van der Waals surface area contributed by atoms with Crippen LogP contribution in [-0.4, -0.2) is 61.4 Å². The number of benzene rings is 1. The summed E-state index contributed by atoms with van der Waals surface area (Å²) in [5.41, 5.74) is 0.731. The second-order valence-corrected chi connectivity index (χ2v) is 7.43. The number of anilines is 2. The largest absolute Gasteiger partial charge is 0.476 e. The fourth-order valence-electron chi connectivity index (χ4n) is 3.83. The third-order valence-electron chi connectivity index (χ3n) is 5.41. The predicted octanol–water partition coefficient (Wildman–Crippen LogP) is 1.88. The molecule has 2 fully saturated rings. The van der Waals surface area contributed by atoms with Crippen LogP contribution in [0.15, 0.2) is 18.2 Å². The standard InChI is InChI=1S/C20H23FN4O5/c1-12(26)23-10-15-11-25(20(29)30-15)14-3-4-17(16(21)9-14)24-7-5-13(6-8-24)18(22-2)19(27)28/h3-4,9,13,15,18H,5-8,10-11H2,1H3,(H,23,26)(H,27,28)/t15-,18?/m0/s1. The minimum Gasteiger partial charge on any atom is -0.476 e. The van der Waals surface area contributed by atoms with Gasteiger partial charge in [0.15, 0.2) is 0 Å². The number of hydrogen-bond donors (Lipinski definition) is 2. The van der Waals surface area contributed by atoms with E-state index in [0.717, 1.165) is 0 Å². The van der Waals surface area contributed by atoms with Gasteiger partial charge in [0.05, 0.1) is 24.5 Å². The number of piperidine rings is 1. The van der Waals surface area contributed by atoms with Crippen LogP contribution in [0.5, 0.6) is 0 Å². The van der Waals surface area contributed by atoms with E-state index >= 15 is 0 Å². The first-order valence-electron chi connectivity index (χ1n) is 9.66. The normalized spacial score (nSPS) is 20.4. The molecule has 2 aliphatic heterocycles. The van der Waals surface area contributed by atoms with Gasteiger partial charge >= 0.3 is 18.1 Å². The molecule has 2 heterocycles. The van der Waals surface area contributed by atoms with E-state index in [2.05, 4.69) is 10.2 Å². The lowest BCUT2D eigenvalue weighted by molar-refractivity contribution is -0.138. The van der Waals surface area contributed by atoms with Crippen molar-refractivity contribution in [3.05, 3.63) is 35.4 Å². The second-order valence-electron chi connectivity index (χ2n) is 7.43. The summed E-state index contributed by atoms with van der Waals surface area (Å²) in [6.07, 6.45) is -0.127. The number of halogens is 1. The number of nitrogens with zero attached hydrogens (tertiary/aromatic N) is 3. The second kappa shape index (κ2) is 8.98. The number of rotatable bonds is 6. The van der Waals surface area contributed by atoms with Gasteiger partial charge in [0.25, 0.3) is 0 Å². The molecule has 0 aliphatic carbocycles. The quantitative estimate of drug-likeness (QED) is 0.684. The van der Waals surface area contributed by atoms with Gasteiger partial charge in [-0.25, -0.2) is 20.6 Å². The van der Waals surface area contributed by atoms with Crippen molar-refractivity contribution in [2.75, 3.05) is 36.0 Å². The van der Waals surface area contributed by atoms with Crippen LogP contribution in [0.2, 0.25) is 0 Å². The maximum atomic E-state index is 14.8. The Kier molecular flexibility index (Phi) is 6.40. The van der Waals surface area contributed by atoms with Crippen LogP contribution in [0.25, 0.3) is 4.85 Å². The van der Waals surface area contributed by atoms with E-state index in [9.17, 15) is 18.8 Å². The van der Waals surface area contributed by atoms with E-state index < -0.39 is 30.0 Å². The van der Waals surface area contributed by atoms with Crippen LogP contribution < -0.4 is 15.1 Å². The van der Waals surface area contributed by atoms with Crippen LogP contribution >= 0.6 is 0 Å². The molecule has 1 unspecified atom stereocenters. The highest BCUT2D eigenvalue weighted by Crippen LogP contribution is 2.31. The minimum absolute atomic E-state index is 0.190. The number of carbonyl (C=O) groups excluding carboxylic acids is 2. The summed E-state index contributed by atoms with van der Waals surface area (Å²) in [7, 11) is 0. The zero-order chi connectivity index (χ0) is 21.8. The van der Waals surface area contributed by atoms with Gasteiger partial charge in [-0.05, 0) is 31.0 Å². The molecule has 2 amide bonds. The highest BCUT2D eigenvalue weighted by molar-refractivity contribution is 5.90. The van der Waals surface area contributed by atoms with Gasteiger partial charge in [-0.2, -0.15) is 0 Å². The predicted molar refractivity (Wildman–Crippen MR) is 106 cm³/mol. The Labute approximate surface area is 173 Å². The van der Waals surface area contributed by atoms with E-state index in [1.54, 1.807) is 12.1 Å². The zero-order valence-corrected chi connectivity index (χ0v) is 16.5. The van der Waals surface area contributed by atoms with Gasteiger partial charge < -0.3 is 24.9 Å². The van der Waals surface area contributed by atoms with E-state index in [1.807, 2.05) is 4.90 Å². The first kappa shape index (κ1) is 21.4. The smallest absolute Gasteiger partial charge is 0.414 e. The lowest BCUT2D eigenvalue weighted by Gasteiger charge is -2.33. The van der Waals surface area contributed by atoms with E-state index in [0.29, 0.717) is 37.3 Å². The summed E-state index contributed by atoms with van der Waals surface area (Å²) >= 11 is 0. The first-order valence-corrected chi connectivity index (χ1v) is 9.66. The molecule has 0 radical (unpaired) electrons. The molecule has 9 nitrogen and oxygen atoms in total. The molecule has 1 aromatic rings.